The third-order valence-electron chi connectivity index (χ3n) is 5.12. The van der Waals surface area contributed by atoms with E-state index in [1.165, 1.54) is 0 Å². The van der Waals surface area contributed by atoms with E-state index in [9.17, 15) is 0 Å². The molecule has 1 rings (SSSR count). The van der Waals surface area contributed by atoms with Gasteiger partial charge in [-0.1, -0.05) is 12.8 Å². The molecule has 0 radical (unpaired) electrons. The van der Waals surface area contributed by atoms with Gasteiger partial charge in [-0.3, -0.25) is 0 Å². The lowest BCUT2D eigenvalue weighted by Gasteiger charge is -2.44. The first-order valence-electron chi connectivity index (χ1n) is 7.69. The highest BCUT2D eigenvalue weighted by Crippen LogP contribution is 2.52. The van der Waals surface area contributed by atoms with Crippen molar-refractivity contribution >= 4 is 19.0 Å². The van der Waals surface area contributed by atoms with E-state index < -0.39 is 14.8 Å². The lowest BCUT2D eigenvalue weighted by Crippen LogP contribution is -2.49. The highest BCUT2D eigenvalue weighted by atomic mass is 28.4. The van der Waals surface area contributed by atoms with Gasteiger partial charge < -0.3 is 27.5 Å². The smallest absolute Gasteiger partial charge is 0.377 e. The lowest BCUT2D eigenvalue weighted by atomic mass is 9.84. The Morgan fingerprint density at radius 3 is 1.64 bits per heavy atom. The fourth-order valence-corrected chi connectivity index (χ4v) is 7.09. The molecule has 0 aromatic rings. The van der Waals surface area contributed by atoms with E-state index >= 15 is 0 Å². The van der Waals surface area contributed by atoms with Gasteiger partial charge in [-0.25, -0.2) is 0 Å². The average Bonchev–Trinajstić information content (AvgIpc) is 2.56. The van der Waals surface area contributed by atoms with Gasteiger partial charge in [0, 0.05) is 64.9 Å². The minimum Gasteiger partial charge on any atom is -0.377 e. The quantitative estimate of drug-likeness (QED) is 0.461. The fourth-order valence-electron chi connectivity index (χ4n) is 3.58. The molecule has 6 nitrogen and oxygen atoms in total. The van der Waals surface area contributed by atoms with Crippen molar-refractivity contribution in [3.8, 4) is 0 Å². The molecule has 132 valence electrons. The van der Waals surface area contributed by atoms with E-state index in [0.29, 0.717) is 5.54 Å². The highest BCUT2D eigenvalue weighted by Gasteiger charge is 2.51. The van der Waals surface area contributed by atoms with Crippen LogP contribution in [0.25, 0.3) is 0 Å². The molecule has 1 fully saturated rings. The molecule has 0 saturated heterocycles. The van der Waals surface area contributed by atoms with Crippen LogP contribution in [0.15, 0.2) is 0 Å². The average molecular weight is 353 g/mol. The molecule has 0 N–H and O–H groups in total. The molecule has 1 aliphatic carbocycles. The maximum Gasteiger partial charge on any atom is 0.503 e. The summed E-state index contributed by atoms with van der Waals surface area (Å²) in [6.07, 6.45) is 5.01. The van der Waals surface area contributed by atoms with Gasteiger partial charge in [-0.2, -0.15) is 0 Å². The molecule has 22 heavy (non-hydrogen) atoms. The zero-order valence-corrected chi connectivity index (χ0v) is 18.1. The second kappa shape index (κ2) is 8.34. The van der Waals surface area contributed by atoms with Crippen molar-refractivity contribution in [1.82, 2.24) is 0 Å². The van der Waals surface area contributed by atoms with Gasteiger partial charge in [0.1, 0.15) is 0 Å². The molecule has 0 aromatic heterocycles. The van der Waals surface area contributed by atoms with Crippen LogP contribution >= 0.6 is 0 Å². The van der Waals surface area contributed by atoms with E-state index in [0.717, 1.165) is 42.3 Å². The molecule has 0 bridgehead atoms. The third-order valence-corrected chi connectivity index (χ3v) is 9.76. The van der Waals surface area contributed by atoms with E-state index in [1.807, 2.05) is 0 Å². The molecule has 0 unspecified atom stereocenters. The summed E-state index contributed by atoms with van der Waals surface area (Å²) in [5, 5.41) is 0.230. The summed E-state index contributed by atoms with van der Waals surface area (Å²) >= 11 is 0. The Balaban J connectivity index is 2.74. The summed E-state index contributed by atoms with van der Waals surface area (Å²) in [5.74, 6) is -0.938. The molecule has 0 amide bonds. The Kier molecular flexibility index (Phi) is 7.67. The Bertz CT molecular complexity index is 309. The molecule has 0 atom stereocenters. The number of hydrogen-bond acceptors (Lipinski definition) is 6. The van der Waals surface area contributed by atoms with Gasteiger partial charge in [0.2, 0.25) is 0 Å². The van der Waals surface area contributed by atoms with Gasteiger partial charge in [0.15, 0.2) is 0 Å². The van der Waals surface area contributed by atoms with Crippen molar-refractivity contribution in [1.29, 1.82) is 0 Å². The van der Waals surface area contributed by atoms with E-state index in [1.54, 1.807) is 42.7 Å². The van der Waals surface area contributed by atoms with Crippen LogP contribution in [0, 0.1) is 0 Å². The van der Waals surface area contributed by atoms with Crippen LogP contribution in [0.3, 0.4) is 0 Å². The predicted molar refractivity (Wildman–Crippen MR) is 90.0 cm³/mol. The van der Waals surface area contributed by atoms with E-state index in [4.69, 9.17) is 27.5 Å². The zero-order chi connectivity index (χ0) is 16.9. The summed E-state index contributed by atoms with van der Waals surface area (Å²) < 4.78 is 33.3. The Morgan fingerprint density at radius 2 is 1.32 bits per heavy atom. The topological polar surface area (TPSA) is 55.4 Å². The molecule has 0 heterocycles. The Morgan fingerprint density at radius 1 is 0.909 bits per heavy atom. The standard InChI is InChI=1S/C14H32O6Si2/c1-15-14(16-2,17-3)11-13(21)9-7-12(8-10-13)22(18-4,19-5)20-6/h12H,7-11H2,1-6,21H3. The molecule has 0 spiro atoms. The van der Waals surface area contributed by atoms with Crippen molar-refractivity contribution < 1.29 is 27.5 Å². The summed E-state index contributed by atoms with van der Waals surface area (Å²) in [6, 6.07) is 0. The predicted octanol–water partition coefficient (Wildman–Crippen LogP) is 1.32. The number of hydrogen-bond donors (Lipinski definition) is 0. The SMILES string of the molecule is COC(CC1([SiH3])CCC([Si](OC)(OC)OC)CC1)(OC)OC. The second-order valence-electron chi connectivity index (χ2n) is 6.27. The van der Waals surface area contributed by atoms with E-state index in [-0.39, 0.29) is 5.04 Å². The molecular weight excluding hydrogens is 320 g/mol. The van der Waals surface area contributed by atoms with Crippen LogP contribution < -0.4 is 0 Å². The van der Waals surface area contributed by atoms with Gasteiger partial charge in [0.25, 0.3) is 5.97 Å². The number of methoxy groups -OCH3 is 3. The molecule has 0 aliphatic heterocycles. The van der Waals surface area contributed by atoms with Gasteiger partial charge in [-0.05, 0) is 17.9 Å². The van der Waals surface area contributed by atoms with Crippen LogP contribution in [0.5, 0.6) is 0 Å². The Labute approximate surface area is 138 Å². The van der Waals surface area contributed by atoms with Crippen LogP contribution in [0.1, 0.15) is 32.1 Å². The molecule has 8 heteroatoms. The van der Waals surface area contributed by atoms with Crippen molar-refractivity contribution in [2.45, 2.75) is 48.7 Å². The maximum absolute atomic E-state index is 5.64. The minimum atomic E-state index is -2.54. The lowest BCUT2D eigenvalue weighted by molar-refractivity contribution is -0.358. The van der Waals surface area contributed by atoms with Crippen LogP contribution in [-0.4, -0.2) is 67.7 Å². The van der Waals surface area contributed by atoms with Crippen LogP contribution in [0.4, 0.5) is 0 Å². The van der Waals surface area contributed by atoms with E-state index in [2.05, 4.69) is 0 Å². The monoisotopic (exact) mass is 352 g/mol. The van der Waals surface area contributed by atoms with Gasteiger partial charge in [0.05, 0.1) is 0 Å². The minimum absolute atomic E-state index is 0.230. The van der Waals surface area contributed by atoms with Crippen LogP contribution in [-0.2, 0) is 27.5 Å². The molecular formula is C14H32O6Si2. The number of ether oxygens (including phenoxy) is 3. The first kappa shape index (κ1) is 20.2. The number of rotatable bonds is 9. The van der Waals surface area contributed by atoms with Crippen molar-refractivity contribution in [3.05, 3.63) is 0 Å². The third kappa shape index (κ3) is 4.18. The Hall–Kier alpha value is 0.194. The first-order valence-corrected chi connectivity index (χ1v) is 10.5. The fraction of sp³-hybridized carbons (Fsp3) is 1.00. The van der Waals surface area contributed by atoms with Crippen LogP contribution in [0.2, 0.25) is 10.6 Å². The second-order valence-corrected chi connectivity index (χ2v) is 11.6. The highest BCUT2D eigenvalue weighted by molar-refractivity contribution is 6.62. The van der Waals surface area contributed by atoms with Gasteiger partial charge in [-0.15, -0.1) is 0 Å². The van der Waals surface area contributed by atoms with Crippen molar-refractivity contribution in [2.24, 2.45) is 0 Å². The maximum atomic E-state index is 5.64. The largest absolute Gasteiger partial charge is 0.503 e. The van der Waals surface area contributed by atoms with Crippen molar-refractivity contribution in [2.75, 3.05) is 42.7 Å². The summed E-state index contributed by atoms with van der Waals surface area (Å²) in [7, 11) is 8.47. The molecule has 1 aliphatic rings. The molecule has 0 aromatic carbocycles. The summed E-state index contributed by atoms with van der Waals surface area (Å²) in [5.41, 5.74) is 0.358. The summed E-state index contributed by atoms with van der Waals surface area (Å²) in [4.78, 5) is 0. The molecule has 1 saturated carbocycles. The first-order chi connectivity index (χ1) is 10.4. The van der Waals surface area contributed by atoms with Crippen molar-refractivity contribution in [3.63, 3.8) is 0 Å². The normalized spacial score (nSPS) is 27.3. The zero-order valence-electron chi connectivity index (χ0n) is 15.1. The van der Waals surface area contributed by atoms with Gasteiger partial charge >= 0.3 is 8.80 Å². The summed E-state index contributed by atoms with van der Waals surface area (Å²) in [6.45, 7) is 0.